The number of methoxy groups -OCH3 is 2. The Hall–Kier alpha value is -2.98. The average Bonchev–Trinajstić information content (AvgIpc) is 3.00. The summed E-state index contributed by atoms with van der Waals surface area (Å²) in [5.41, 5.74) is 2.75. The van der Waals surface area contributed by atoms with E-state index in [1.165, 1.54) is 0 Å². The Morgan fingerprint density at radius 2 is 1.21 bits per heavy atom. The lowest BCUT2D eigenvalue weighted by molar-refractivity contribution is 0.133. The molecule has 0 aliphatic rings. The smallest absolute Gasteiger partial charge is 0.259 e. The third-order valence-electron chi connectivity index (χ3n) is 7.29. The van der Waals surface area contributed by atoms with Crippen LogP contribution in [-0.4, -0.2) is 62.7 Å². The lowest BCUT2D eigenvalue weighted by Crippen LogP contribution is -2.47. The molecule has 3 aromatic rings. The van der Waals surface area contributed by atoms with Crippen molar-refractivity contribution in [2.45, 2.75) is 58.2 Å². The van der Waals surface area contributed by atoms with E-state index < -0.39 is 14.1 Å². The number of rotatable bonds is 17. The summed E-state index contributed by atoms with van der Waals surface area (Å²) in [6.07, 6.45) is 1.16. The van der Waals surface area contributed by atoms with Gasteiger partial charge in [-0.1, -0.05) is 54.6 Å². The van der Waals surface area contributed by atoms with Crippen molar-refractivity contribution in [2.24, 2.45) is 0 Å². The van der Waals surface area contributed by atoms with E-state index in [2.05, 4.69) is 98.9 Å². The van der Waals surface area contributed by atoms with Gasteiger partial charge >= 0.3 is 0 Å². The Balaban J connectivity index is 2.01. The maximum atomic E-state index is 8.97. The van der Waals surface area contributed by atoms with Gasteiger partial charge in [-0.15, -0.1) is 0 Å². The number of nitrogens with zero attached hydrogens (tertiary/aromatic N) is 3. The highest BCUT2D eigenvalue weighted by atomic mass is 31.2. The van der Waals surface area contributed by atoms with E-state index in [0.717, 1.165) is 28.2 Å². The lowest BCUT2D eigenvalue weighted by Gasteiger charge is -2.44. The molecule has 0 saturated heterocycles. The van der Waals surface area contributed by atoms with Gasteiger partial charge in [-0.25, -0.2) is 4.67 Å². The van der Waals surface area contributed by atoms with E-state index in [1.54, 1.807) is 14.2 Å². The molecule has 0 aromatic heterocycles. The third-order valence-corrected chi connectivity index (χ3v) is 9.40. The maximum Gasteiger partial charge on any atom is 0.259 e. The minimum atomic E-state index is -1.30. The highest BCUT2D eigenvalue weighted by Crippen LogP contribution is 2.47. The van der Waals surface area contributed by atoms with Crippen LogP contribution in [0.4, 0.5) is 0 Å². The molecule has 42 heavy (non-hydrogen) atoms. The normalized spacial score (nSPS) is 12.6. The standard InChI is InChI=1S/C34H46N3O4P/c1-27(2)37(28(3)4)42(40-25-12-11-23-35)41-26-24-36(5)34(29-13-9-8-10-14-29,30-15-19-32(38-6)20-16-30)31-17-21-33(39-7)22-18-31/h8-10,13-22,27-28H,11-12,24-26H2,1-7H3. The van der Waals surface area contributed by atoms with Gasteiger partial charge in [0, 0.05) is 25.0 Å². The van der Waals surface area contributed by atoms with E-state index in [9.17, 15) is 0 Å². The average molecular weight is 592 g/mol. The summed E-state index contributed by atoms with van der Waals surface area (Å²) in [4.78, 5) is 2.35. The Kier molecular flexibility index (Phi) is 13.3. The van der Waals surface area contributed by atoms with Gasteiger partial charge < -0.3 is 18.5 Å². The zero-order valence-corrected chi connectivity index (χ0v) is 27.0. The van der Waals surface area contributed by atoms with E-state index in [4.69, 9.17) is 23.8 Å². The minimum Gasteiger partial charge on any atom is -0.497 e. The van der Waals surface area contributed by atoms with Crippen LogP contribution in [0.25, 0.3) is 0 Å². The predicted molar refractivity (Wildman–Crippen MR) is 171 cm³/mol. The molecular formula is C34H46N3O4P. The number of likely N-dealkylation sites (N-methyl/N-ethyl adjacent to an activating group) is 1. The number of hydrogen-bond donors (Lipinski definition) is 0. The zero-order valence-electron chi connectivity index (χ0n) is 26.1. The molecule has 0 saturated carbocycles. The van der Waals surface area contributed by atoms with Crippen LogP contribution in [0, 0.1) is 11.3 Å². The molecule has 0 aliphatic heterocycles. The number of nitriles is 1. The lowest BCUT2D eigenvalue weighted by atomic mass is 9.75. The largest absolute Gasteiger partial charge is 0.497 e. The van der Waals surface area contributed by atoms with Gasteiger partial charge in [0.15, 0.2) is 0 Å². The quantitative estimate of drug-likeness (QED) is 0.0909. The fourth-order valence-corrected chi connectivity index (χ4v) is 6.98. The third kappa shape index (κ3) is 8.10. The molecule has 0 spiro atoms. The van der Waals surface area contributed by atoms with Gasteiger partial charge in [0.05, 0.1) is 39.0 Å². The summed E-state index contributed by atoms with van der Waals surface area (Å²) >= 11 is 0. The van der Waals surface area contributed by atoms with Crippen molar-refractivity contribution in [1.82, 2.24) is 9.57 Å². The van der Waals surface area contributed by atoms with Crippen LogP contribution < -0.4 is 9.47 Å². The fourth-order valence-electron chi connectivity index (χ4n) is 5.37. The molecule has 0 fully saturated rings. The van der Waals surface area contributed by atoms with Gasteiger partial charge in [0.25, 0.3) is 8.53 Å². The van der Waals surface area contributed by atoms with Gasteiger partial charge in [-0.3, -0.25) is 4.90 Å². The van der Waals surface area contributed by atoms with Gasteiger partial charge in [-0.05, 0) is 82.1 Å². The molecule has 0 amide bonds. The van der Waals surface area contributed by atoms with E-state index in [1.807, 2.05) is 30.3 Å². The molecule has 226 valence electrons. The first-order valence-electron chi connectivity index (χ1n) is 14.6. The molecule has 7 nitrogen and oxygen atoms in total. The number of benzene rings is 3. The Morgan fingerprint density at radius 1 is 0.738 bits per heavy atom. The van der Waals surface area contributed by atoms with Crippen molar-refractivity contribution < 1.29 is 18.5 Å². The molecule has 8 heteroatoms. The highest BCUT2D eigenvalue weighted by Gasteiger charge is 2.40. The van der Waals surface area contributed by atoms with Gasteiger partial charge in [-0.2, -0.15) is 5.26 Å². The molecule has 0 bridgehead atoms. The molecule has 0 aliphatic carbocycles. The van der Waals surface area contributed by atoms with Crippen molar-refractivity contribution in [1.29, 1.82) is 5.26 Å². The second-order valence-corrected chi connectivity index (χ2v) is 12.1. The van der Waals surface area contributed by atoms with E-state index >= 15 is 0 Å². The topological polar surface area (TPSA) is 67.2 Å². The molecule has 1 atom stereocenters. The fraction of sp³-hybridized carbons (Fsp3) is 0.441. The summed E-state index contributed by atoms with van der Waals surface area (Å²) in [7, 11) is 4.21. The molecule has 0 heterocycles. The number of ether oxygens (including phenoxy) is 2. The van der Waals surface area contributed by atoms with Crippen molar-refractivity contribution in [3.63, 3.8) is 0 Å². The second-order valence-electron chi connectivity index (χ2n) is 10.7. The van der Waals surface area contributed by atoms with Crippen LogP contribution in [-0.2, 0) is 14.6 Å². The molecular weight excluding hydrogens is 545 g/mol. The Bertz CT molecular complexity index is 1170. The van der Waals surface area contributed by atoms with Crippen molar-refractivity contribution in [2.75, 3.05) is 41.0 Å². The Labute approximate surface area is 253 Å². The van der Waals surface area contributed by atoms with Crippen LogP contribution in [0.15, 0.2) is 78.9 Å². The van der Waals surface area contributed by atoms with Gasteiger partial charge in [0.1, 0.15) is 11.5 Å². The highest BCUT2D eigenvalue weighted by molar-refractivity contribution is 7.44. The maximum absolute atomic E-state index is 8.97. The Morgan fingerprint density at radius 3 is 1.67 bits per heavy atom. The summed E-state index contributed by atoms with van der Waals surface area (Å²) < 4.78 is 26.1. The van der Waals surface area contributed by atoms with E-state index in [0.29, 0.717) is 32.6 Å². The predicted octanol–water partition coefficient (Wildman–Crippen LogP) is 7.61. The van der Waals surface area contributed by atoms with Crippen LogP contribution >= 0.6 is 8.53 Å². The van der Waals surface area contributed by atoms with Crippen molar-refractivity contribution >= 4 is 8.53 Å². The first-order valence-corrected chi connectivity index (χ1v) is 15.7. The summed E-state index contributed by atoms with van der Waals surface area (Å²) in [6.45, 7) is 10.3. The van der Waals surface area contributed by atoms with Crippen molar-refractivity contribution in [3.8, 4) is 17.6 Å². The van der Waals surface area contributed by atoms with Crippen molar-refractivity contribution in [3.05, 3.63) is 95.6 Å². The monoisotopic (exact) mass is 591 g/mol. The molecule has 0 N–H and O–H groups in total. The van der Waals surface area contributed by atoms with Crippen LogP contribution in [0.5, 0.6) is 11.5 Å². The van der Waals surface area contributed by atoms with Gasteiger partial charge in [0.2, 0.25) is 0 Å². The molecule has 3 rings (SSSR count). The SMILES string of the molecule is COc1ccc(C(c2ccccc2)(c2ccc(OC)cc2)N(C)CCOP(OCCCC#N)N(C(C)C)C(C)C)cc1. The second kappa shape index (κ2) is 16.6. The van der Waals surface area contributed by atoms with E-state index in [-0.39, 0.29) is 12.1 Å². The van der Waals surface area contributed by atoms with Crippen LogP contribution in [0.3, 0.4) is 0 Å². The van der Waals surface area contributed by atoms with Crippen LogP contribution in [0.1, 0.15) is 57.2 Å². The summed E-state index contributed by atoms with van der Waals surface area (Å²) in [5.74, 6) is 1.62. The minimum absolute atomic E-state index is 0.256. The summed E-state index contributed by atoms with van der Waals surface area (Å²) in [5, 5.41) is 8.97. The zero-order chi connectivity index (χ0) is 30.5. The first kappa shape index (κ1) is 33.5. The number of unbranched alkanes of at least 4 members (excludes halogenated alkanes) is 1. The van der Waals surface area contributed by atoms with Crippen LogP contribution in [0.2, 0.25) is 0 Å². The molecule has 0 radical (unpaired) electrons. The number of hydrogen-bond acceptors (Lipinski definition) is 7. The first-order chi connectivity index (χ1) is 20.3. The summed E-state index contributed by atoms with van der Waals surface area (Å²) in [6, 6.07) is 29.9. The molecule has 1 unspecified atom stereocenters. The molecule has 3 aromatic carbocycles.